The van der Waals surface area contributed by atoms with Crippen molar-refractivity contribution < 1.29 is 32.9 Å². The molecule has 1 spiro atoms. The Morgan fingerprint density at radius 3 is 2.68 bits per heavy atom. The lowest BCUT2D eigenvalue weighted by atomic mass is 9.74. The Balaban J connectivity index is 1.38. The monoisotopic (exact) mass is 518 g/mol. The van der Waals surface area contributed by atoms with Crippen LogP contribution < -0.4 is 15.0 Å². The summed E-state index contributed by atoms with van der Waals surface area (Å²) in [5.41, 5.74) is 1.67. The second kappa shape index (κ2) is 10.4. The van der Waals surface area contributed by atoms with Crippen molar-refractivity contribution in [2.24, 2.45) is 0 Å². The van der Waals surface area contributed by atoms with Crippen molar-refractivity contribution in [1.82, 2.24) is 9.88 Å². The van der Waals surface area contributed by atoms with E-state index in [1.807, 2.05) is 25.1 Å². The number of rotatable bonds is 6. The van der Waals surface area contributed by atoms with Crippen LogP contribution in [0.2, 0.25) is 0 Å². The highest BCUT2D eigenvalue weighted by Crippen LogP contribution is 2.51. The Morgan fingerprint density at radius 2 is 1.97 bits per heavy atom. The number of hydrogen-bond donors (Lipinski definition) is 2. The first-order chi connectivity index (χ1) is 17.8. The first-order valence-corrected chi connectivity index (χ1v) is 12.6. The smallest absolute Gasteiger partial charge is 0.322 e. The molecular formula is C26H32F2N4O5. The summed E-state index contributed by atoms with van der Waals surface area (Å²) in [7, 11) is 0. The minimum absolute atomic E-state index is 0.0834. The second-order valence-corrected chi connectivity index (χ2v) is 9.65. The summed E-state index contributed by atoms with van der Waals surface area (Å²) in [6.45, 7) is 4.76. The van der Waals surface area contributed by atoms with Crippen LogP contribution in [0.25, 0.3) is 11.1 Å². The third-order valence-electron chi connectivity index (χ3n) is 7.25. The summed E-state index contributed by atoms with van der Waals surface area (Å²) < 4.78 is 44.9. The molecule has 2 N–H and O–H groups in total. The molecule has 2 saturated heterocycles. The molecular weight excluding hydrogens is 486 g/mol. The van der Waals surface area contributed by atoms with Gasteiger partial charge in [0.05, 0.1) is 33.0 Å². The molecule has 1 atom stereocenters. The number of halogens is 2. The summed E-state index contributed by atoms with van der Waals surface area (Å²) in [5, 5.41) is 12.1. The first kappa shape index (κ1) is 25.6. The summed E-state index contributed by atoms with van der Waals surface area (Å²) in [5.74, 6) is -1.79. The molecule has 1 aromatic heterocycles. The van der Waals surface area contributed by atoms with Gasteiger partial charge < -0.3 is 34.4 Å². The quantitative estimate of drug-likeness (QED) is 0.606. The molecule has 2 aromatic rings. The van der Waals surface area contributed by atoms with E-state index in [1.54, 1.807) is 12.1 Å². The first-order valence-electron chi connectivity index (χ1n) is 12.6. The van der Waals surface area contributed by atoms with E-state index < -0.39 is 17.6 Å². The molecule has 0 radical (unpaired) electrons. The predicted molar refractivity (Wildman–Crippen MR) is 133 cm³/mol. The molecule has 5 rings (SSSR count). The third kappa shape index (κ3) is 5.21. The number of benzene rings is 1. The summed E-state index contributed by atoms with van der Waals surface area (Å²) >= 11 is 0. The van der Waals surface area contributed by atoms with Crippen LogP contribution in [0.15, 0.2) is 30.3 Å². The van der Waals surface area contributed by atoms with Crippen molar-refractivity contribution in [3.05, 3.63) is 35.9 Å². The fraction of sp³-hybridized carbons (Fsp3) is 0.538. The molecule has 37 heavy (non-hydrogen) atoms. The molecule has 3 aliphatic rings. The second-order valence-electron chi connectivity index (χ2n) is 9.65. The normalized spacial score (nSPS) is 23.0. The Bertz CT molecular complexity index is 1140. The van der Waals surface area contributed by atoms with Crippen LogP contribution in [-0.4, -0.2) is 91.8 Å². The number of pyridine rings is 1. The predicted octanol–water partition coefficient (Wildman–Crippen LogP) is 3.30. The molecule has 9 nitrogen and oxygen atoms in total. The lowest BCUT2D eigenvalue weighted by Crippen LogP contribution is -2.68. The van der Waals surface area contributed by atoms with Gasteiger partial charge in [0.25, 0.3) is 5.92 Å². The van der Waals surface area contributed by atoms with E-state index in [4.69, 9.17) is 14.2 Å². The number of amides is 2. The molecule has 2 amide bonds. The average Bonchev–Trinajstić information content (AvgIpc) is 2.92. The minimum atomic E-state index is -2.92. The number of nitrogens with one attached hydrogen (secondary N) is 1. The lowest BCUT2D eigenvalue weighted by molar-refractivity contribution is -0.288. The van der Waals surface area contributed by atoms with Crippen molar-refractivity contribution in [3.8, 4) is 17.0 Å². The van der Waals surface area contributed by atoms with Crippen LogP contribution in [0.1, 0.15) is 18.4 Å². The number of nitrogens with zero attached hydrogens (tertiary/aromatic N) is 3. The van der Waals surface area contributed by atoms with Crippen molar-refractivity contribution in [1.29, 1.82) is 0 Å². The van der Waals surface area contributed by atoms with Gasteiger partial charge in [-0.3, -0.25) is 0 Å². The molecule has 2 aliphatic heterocycles. The summed E-state index contributed by atoms with van der Waals surface area (Å²) in [6, 6.07) is 8.88. The number of carbonyl (C=O) groups is 1. The number of carbonyl (C=O) groups excluding carboxylic acids is 1. The number of aliphatic hydroxyl groups excluding tert-OH is 1. The number of ether oxygens (including phenoxy) is 3. The molecule has 3 heterocycles. The lowest BCUT2D eigenvalue weighted by Gasteiger charge is -2.52. The van der Waals surface area contributed by atoms with Gasteiger partial charge in [-0.25, -0.2) is 13.6 Å². The molecule has 1 aliphatic carbocycles. The Morgan fingerprint density at radius 1 is 1.16 bits per heavy atom. The highest BCUT2D eigenvalue weighted by Gasteiger charge is 2.64. The zero-order chi connectivity index (χ0) is 26.0. The van der Waals surface area contributed by atoms with Gasteiger partial charge in [-0.05, 0) is 48.2 Å². The van der Waals surface area contributed by atoms with Gasteiger partial charge in [0.1, 0.15) is 18.0 Å². The third-order valence-corrected chi connectivity index (χ3v) is 7.25. The number of aliphatic hydroxyl groups is 1. The SMILES string of the molecule is Cc1ccc(NC(=O)N2CCOC3(CCC3(F)F)C2)cc1-c1cc(OCCO)nc(N2CCOCC2)c1. The molecule has 11 heteroatoms. The van der Waals surface area contributed by atoms with Crippen LogP contribution >= 0.6 is 0 Å². The van der Waals surface area contributed by atoms with Gasteiger partial charge >= 0.3 is 6.03 Å². The van der Waals surface area contributed by atoms with Crippen molar-refractivity contribution >= 4 is 17.5 Å². The molecule has 0 bridgehead atoms. The topological polar surface area (TPSA) is 96.4 Å². The minimum Gasteiger partial charge on any atom is -0.475 e. The van der Waals surface area contributed by atoms with Gasteiger partial charge in [0.15, 0.2) is 0 Å². The number of alkyl halides is 2. The highest BCUT2D eigenvalue weighted by molar-refractivity contribution is 5.90. The number of anilines is 2. The Hall–Kier alpha value is -3.02. The van der Waals surface area contributed by atoms with Crippen LogP contribution in [-0.2, 0) is 9.47 Å². The zero-order valence-corrected chi connectivity index (χ0v) is 20.8. The van der Waals surface area contributed by atoms with Crippen LogP contribution in [0.3, 0.4) is 0 Å². The van der Waals surface area contributed by atoms with Gasteiger partial charge in [0.2, 0.25) is 5.88 Å². The fourth-order valence-corrected chi connectivity index (χ4v) is 4.96. The standard InChI is InChI=1S/C26H32F2N4O5/c1-18-2-3-20(29-24(34)32-8-12-37-25(17-32)4-5-26(25,27)28)16-21(18)19-14-22(31-6-10-35-11-7-31)30-23(15-19)36-13-9-33/h2-3,14-16,33H,4-13,17H2,1H3,(H,29,34). The number of urea groups is 1. The van der Waals surface area contributed by atoms with E-state index in [9.17, 15) is 18.7 Å². The zero-order valence-electron chi connectivity index (χ0n) is 20.8. The maximum absolute atomic E-state index is 14.2. The Labute approximate surface area is 214 Å². The molecule has 1 unspecified atom stereocenters. The highest BCUT2D eigenvalue weighted by atomic mass is 19.3. The van der Waals surface area contributed by atoms with E-state index in [1.165, 1.54) is 4.90 Å². The average molecular weight is 519 g/mol. The maximum atomic E-state index is 14.2. The van der Waals surface area contributed by atoms with E-state index >= 15 is 0 Å². The van der Waals surface area contributed by atoms with E-state index in [0.29, 0.717) is 37.9 Å². The number of hydrogen-bond acceptors (Lipinski definition) is 7. The van der Waals surface area contributed by atoms with Crippen molar-refractivity contribution in [2.45, 2.75) is 31.3 Å². The number of morpholine rings is 2. The van der Waals surface area contributed by atoms with Crippen molar-refractivity contribution in [2.75, 3.05) is 69.4 Å². The van der Waals surface area contributed by atoms with Crippen LogP contribution in [0.4, 0.5) is 25.1 Å². The molecule has 200 valence electrons. The van der Waals surface area contributed by atoms with Crippen molar-refractivity contribution in [3.63, 3.8) is 0 Å². The molecule has 1 aromatic carbocycles. The Kier molecular flexibility index (Phi) is 7.19. The summed E-state index contributed by atoms with van der Waals surface area (Å²) in [6.07, 6.45) is 0.0266. The maximum Gasteiger partial charge on any atom is 0.322 e. The van der Waals surface area contributed by atoms with E-state index in [2.05, 4.69) is 15.2 Å². The van der Waals surface area contributed by atoms with Crippen LogP contribution in [0.5, 0.6) is 5.88 Å². The molecule has 3 fully saturated rings. The van der Waals surface area contributed by atoms with Gasteiger partial charge in [0, 0.05) is 37.8 Å². The molecule has 1 saturated carbocycles. The van der Waals surface area contributed by atoms with Gasteiger partial charge in [-0.1, -0.05) is 6.07 Å². The van der Waals surface area contributed by atoms with Gasteiger partial charge in [-0.15, -0.1) is 0 Å². The fourth-order valence-electron chi connectivity index (χ4n) is 4.96. The van der Waals surface area contributed by atoms with Gasteiger partial charge in [-0.2, -0.15) is 4.98 Å². The van der Waals surface area contributed by atoms with E-state index in [-0.39, 0.29) is 45.8 Å². The number of aromatic nitrogens is 1. The van der Waals surface area contributed by atoms with Crippen LogP contribution in [0, 0.1) is 6.92 Å². The summed E-state index contributed by atoms with van der Waals surface area (Å²) in [4.78, 5) is 21.1. The number of aryl methyl sites for hydroxylation is 1. The largest absolute Gasteiger partial charge is 0.475 e. The van der Waals surface area contributed by atoms with E-state index in [0.717, 1.165) is 22.5 Å².